The lowest BCUT2D eigenvalue weighted by atomic mass is 10.2. The number of nitrogens with one attached hydrogen (secondary N) is 1. The van der Waals surface area contributed by atoms with Gasteiger partial charge in [0.15, 0.2) is 0 Å². The van der Waals surface area contributed by atoms with Crippen LogP contribution in [0.4, 0.5) is 0 Å². The summed E-state index contributed by atoms with van der Waals surface area (Å²) < 4.78 is 6.53. The highest BCUT2D eigenvalue weighted by Crippen LogP contribution is 2.12. The predicted octanol–water partition coefficient (Wildman–Crippen LogP) is 2.79. The van der Waals surface area contributed by atoms with Crippen LogP contribution in [0.3, 0.4) is 0 Å². The largest absolute Gasteiger partial charge is 0.497 e. The summed E-state index contributed by atoms with van der Waals surface area (Å²) in [5.74, 6) is 0.506. The van der Waals surface area contributed by atoms with Crippen LogP contribution < -0.4 is 15.6 Å². The zero-order chi connectivity index (χ0) is 18.8. The molecule has 0 bridgehead atoms. The van der Waals surface area contributed by atoms with Crippen molar-refractivity contribution in [3.05, 3.63) is 88.3 Å². The molecule has 1 N–H and O–H groups in total. The Kier molecular flexibility index (Phi) is 4.30. The third kappa shape index (κ3) is 3.25. The number of pyridine rings is 1. The van der Waals surface area contributed by atoms with Gasteiger partial charge in [0, 0.05) is 12.7 Å². The molecule has 2 heterocycles. The molecule has 0 radical (unpaired) electrons. The lowest BCUT2D eigenvalue weighted by Crippen LogP contribution is -2.24. The molecule has 4 rings (SSSR count). The molecule has 1 amide bonds. The highest BCUT2D eigenvalue weighted by Gasteiger charge is 2.10. The Morgan fingerprint density at radius 1 is 1.07 bits per heavy atom. The van der Waals surface area contributed by atoms with Crippen LogP contribution in [-0.2, 0) is 6.54 Å². The first-order valence-corrected chi connectivity index (χ1v) is 8.48. The molecule has 27 heavy (non-hydrogen) atoms. The van der Waals surface area contributed by atoms with Gasteiger partial charge in [0.05, 0.1) is 23.6 Å². The van der Waals surface area contributed by atoms with Gasteiger partial charge >= 0.3 is 0 Å². The monoisotopic (exact) mass is 359 g/mol. The van der Waals surface area contributed by atoms with E-state index in [2.05, 4.69) is 10.3 Å². The van der Waals surface area contributed by atoms with Crippen LogP contribution in [0.15, 0.2) is 71.7 Å². The molecule has 0 fully saturated rings. The van der Waals surface area contributed by atoms with E-state index >= 15 is 0 Å². The van der Waals surface area contributed by atoms with Gasteiger partial charge in [-0.15, -0.1) is 0 Å². The van der Waals surface area contributed by atoms with Crippen LogP contribution in [0, 0.1) is 0 Å². The fourth-order valence-electron chi connectivity index (χ4n) is 2.91. The SMILES string of the molecule is COc1ccc(CNC(=O)c2ccc3nc4ccccc4c(=O)n3c2)cc1. The zero-order valence-electron chi connectivity index (χ0n) is 14.7. The molecule has 0 aliphatic heterocycles. The number of nitrogens with zero attached hydrogens (tertiary/aromatic N) is 2. The minimum atomic E-state index is -0.257. The maximum atomic E-state index is 12.7. The average Bonchev–Trinajstić information content (AvgIpc) is 2.72. The number of para-hydroxylation sites is 1. The third-order valence-corrected chi connectivity index (χ3v) is 4.39. The van der Waals surface area contributed by atoms with Crippen molar-refractivity contribution in [3.63, 3.8) is 0 Å². The van der Waals surface area contributed by atoms with E-state index in [-0.39, 0.29) is 11.5 Å². The van der Waals surface area contributed by atoms with Crippen molar-refractivity contribution < 1.29 is 9.53 Å². The van der Waals surface area contributed by atoms with E-state index in [9.17, 15) is 9.59 Å². The highest BCUT2D eigenvalue weighted by atomic mass is 16.5. The summed E-state index contributed by atoms with van der Waals surface area (Å²) in [6, 6.07) is 18.0. The van der Waals surface area contributed by atoms with Crippen molar-refractivity contribution in [3.8, 4) is 5.75 Å². The smallest absolute Gasteiger partial charge is 0.265 e. The first-order chi connectivity index (χ1) is 13.2. The number of methoxy groups -OCH3 is 1. The maximum Gasteiger partial charge on any atom is 0.265 e. The molecule has 0 aliphatic rings. The Hall–Kier alpha value is -3.67. The summed E-state index contributed by atoms with van der Waals surface area (Å²) in [5.41, 5.74) is 2.30. The summed E-state index contributed by atoms with van der Waals surface area (Å²) in [4.78, 5) is 29.6. The molecular formula is C21H17N3O3. The molecule has 0 atom stereocenters. The van der Waals surface area contributed by atoms with Crippen molar-refractivity contribution in [2.75, 3.05) is 7.11 Å². The minimum absolute atomic E-state index is 0.194. The summed E-state index contributed by atoms with van der Waals surface area (Å²) in [5, 5.41) is 3.38. The molecule has 134 valence electrons. The Labute approximate surface area is 155 Å². The van der Waals surface area contributed by atoms with Crippen molar-refractivity contribution in [2.24, 2.45) is 0 Å². The number of carbonyl (C=O) groups excluding carboxylic acids is 1. The molecule has 2 aromatic carbocycles. The number of ether oxygens (including phenoxy) is 1. The topological polar surface area (TPSA) is 72.7 Å². The normalized spacial score (nSPS) is 10.9. The van der Waals surface area contributed by atoms with Crippen LogP contribution in [0.2, 0.25) is 0 Å². The fraction of sp³-hybridized carbons (Fsp3) is 0.0952. The van der Waals surface area contributed by atoms with Gasteiger partial charge in [-0.2, -0.15) is 0 Å². The number of carbonyl (C=O) groups is 1. The van der Waals surface area contributed by atoms with Gasteiger partial charge in [-0.1, -0.05) is 24.3 Å². The van der Waals surface area contributed by atoms with Crippen molar-refractivity contribution in [2.45, 2.75) is 6.54 Å². The number of amides is 1. The minimum Gasteiger partial charge on any atom is -0.497 e. The van der Waals surface area contributed by atoms with Crippen LogP contribution >= 0.6 is 0 Å². The van der Waals surface area contributed by atoms with Gasteiger partial charge in [0.25, 0.3) is 11.5 Å². The van der Waals surface area contributed by atoms with E-state index < -0.39 is 0 Å². The van der Waals surface area contributed by atoms with Gasteiger partial charge in [0.1, 0.15) is 11.4 Å². The first kappa shape index (κ1) is 16.8. The molecule has 6 nitrogen and oxygen atoms in total. The Morgan fingerprint density at radius 3 is 2.63 bits per heavy atom. The summed E-state index contributed by atoms with van der Waals surface area (Å²) in [7, 11) is 1.61. The van der Waals surface area contributed by atoms with Crippen molar-refractivity contribution in [1.82, 2.24) is 14.7 Å². The molecule has 0 saturated carbocycles. The van der Waals surface area contributed by atoms with E-state index in [0.29, 0.717) is 28.7 Å². The number of aromatic nitrogens is 2. The Bertz CT molecular complexity index is 1200. The van der Waals surface area contributed by atoms with Crippen LogP contribution in [0.25, 0.3) is 16.6 Å². The van der Waals surface area contributed by atoms with Crippen molar-refractivity contribution in [1.29, 1.82) is 0 Å². The molecule has 2 aromatic heterocycles. The van der Waals surface area contributed by atoms with Crippen molar-refractivity contribution >= 4 is 22.5 Å². The van der Waals surface area contributed by atoms with E-state index in [1.54, 1.807) is 37.4 Å². The first-order valence-electron chi connectivity index (χ1n) is 8.48. The van der Waals surface area contributed by atoms with E-state index in [4.69, 9.17) is 4.74 Å². The van der Waals surface area contributed by atoms with Gasteiger partial charge in [-0.25, -0.2) is 4.98 Å². The van der Waals surface area contributed by atoms with Gasteiger partial charge < -0.3 is 10.1 Å². The standard InChI is InChI=1S/C21H17N3O3/c1-27-16-9-6-14(7-10-16)12-22-20(25)15-8-11-19-23-18-5-3-2-4-17(18)21(26)24(19)13-15/h2-11,13H,12H2,1H3,(H,22,25). The summed E-state index contributed by atoms with van der Waals surface area (Å²) in [6.07, 6.45) is 1.53. The third-order valence-electron chi connectivity index (χ3n) is 4.39. The van der Waals surface area contributed by atoms with Gasteiger partial charge in [0.2, 0.25) is 0 Å². The summed E-state index contributed by atoms with van der Waals surface area (Å²) in [6.45, 7) is 0.381. The quantitative estimate of drug-likeness (QED) is 0.569. The lowest BCUT2D eigenvalue weighted by Gasteiger charge is -2.08. The molecule has 0 unspecified atom stereocenters. The van der Waals surface area contributed by atoms with Crippen LogP contribution in [-0.4, -0.2) is 22.4 Å². The highest BCUT2D eigenvalue weighted by molar-refractivity contribution is 5.94. The second kappa shape index (κ2) is 6.92. The lowest BCUT2D eigenvalue weighted by molar-refractivity contribution is 0.0950. The number of hydrogen-bond acceptors (Lipinski definition) is 4. The van der Waals surface area contributed by atoms with Crippen LogP contribution in [0.1, 0.15) is 15.9 Å². The fourth-order valence-corrected chi connectivity index (χ4v) is 2.91. The second-order valence-electron chi connectivity index (χ2n) is 6.11. The van der Waals surface area contributed by atoms with Gasteiger partial charge in [-0.3, -0.25) is 14.0 Å². The number of rotatable bonds is 4. The van der Waals surface area contributed by atoms with Gasteiger partial charge in [-0.05, 0) is 42.0 Å². The molecule has 0 saturated heterocycles. The number of fused-ring (bicyclic) bond motifs is 2. The molecule has 6 heteroatoms. The predicted molar refractivity (Wildman–Crippen MR) is 103 cm³/mol. The molecule has 0 spiro atoms. The van der Waals surface area contributed by atoms with E-state index in [1.165, 1.54) is 10.6 Å². The molecule has 0 aliphatic carbocycles. The second-order valence-corrected chi connectivity index (χ2v) is 6.11. The molecular weight excluding hydrogens is 342 g/mol. The number of hydrogen-bond donors (Lipinski definition) is 1. The molecule has 4 aromatic rings. The number of benzene rings is 2. The Balaban J connectivity index is 1.60. The average molecular weight is 359 g/mol. The van der Waals surface area contributed by atoms with Crippen LogP contribution in [0.5, 0.6) is 5.75 Å². The van der Waals surface area contributed by atoms with E-state index in [0.717, 1.165) is 11.3 Å². The summed E-state index contributed by atoms with van der Waals surface area (Å²) >= 11 is 0. The Morgan fingerprint density at radius 2 is 1.85 bits per heavy atom. The zero-order valence-corrected chi connectivity index (χ0v) is 14.7. The maximum absolute atomic E-state index is 12.7. The van der Waals surface area contributed by atoms with E-state index in [1.807, 2.05) is 30.3 Å².